The Labute approximate surface area is 249 Å². The van der Waals surface area contributed by atoms with Gasteiger partial charge in [0, 0.05) is 22.7 Å². The first-order chi connectivity index (χ1) is 20.6. The third-order valence-corrected chi connectivity index (χ3v) is 8.17. The zero-order valence-corrected chi connectivity index (χ0v) is 24.0. The van der Waals surface area contributed by atoms with E-state index in [4.69, 9.17) is 21.1 Å². The monoisotopic (exact) mass is 576 g/mol. The molecule has 1 aliphatic carbocycles. The van der Waals surface area contributed by atoms with E-state index in [-0.39, 0.29) is 6.61 Å². The van der Waals surface area contributed by atoms with Crippen molar-refractivity contribution in [3.05, 3.63) is 107 Å². The van der Waals surface area contributed by atoms with Crippen molar-refractivity contribution in [3.8, 4) is 34.1 Å². The minimum Gasteiger partial charge on any atom is -0.489 e. The molecule has 6 rings (SSSR count). The highest BCUT2D eigenvalue weighted by Gasteiger charge is 2.24. The highest BCUT2D eigenvalue weighted by atomic mass is 35.5. The van der Waals surface area contributed by atoms with Crippen LogP contribution in [-0.4, -0.2) is 27.7 Å². The fourth-order valence-electron chi connectivity index (χ4n) is 5.78. The Balaban J connectivity index is 1.29. The molecule has 0 spiro atoms. The van der Waals surface area contributed by atoms with E-state index in [0.29, 0.717) is 33.5 Å². The lowest BCUT2D eigenvalue weighted by Gasteiger charge is -2.25. The van der Waals surface area contributed by atoms with Gasteiger partial charge in [-0.2, -0.15) is 10.4 Å². The molecule has 1 fully saturated rings. The zero-order chi connectivity index (χ0) is 29.1. The van der Waals surface area contributed by atoms with Gasteiger partial charge in [0.1, 0.15) is 24.0 Å². The Morgan fingerprint density at radius 2 is 1.69 bits per heavy atom. The first-order valence-electron chi connectivity index (χ1n) is 14.0. The van der Waals surface area contributed by atoms with Crippen LogP contribution < -0.4 is 4.74 Å². The van der Waals surface area contributed by atoms with E-state index in [1.165, 1.54) is 26.4 Å². The van der Waals surface area contributed by atoms with Crippen LogP contribution in [0.2, 0.25) is 5.02 Å². The largest absolute Gasteiger partial charge is 0.489 e. The Kier molecular flexibility index (Phi) is 7.89. The van der Waals surface area contributed by atoms with Crippen LogP contribution in [0.5, 0.6) is 5.75 Å². The van der Waals surface area contributed by atoms with Crippen LogP contribution in [0.25, 0.3) is 27.9 Å². The summed E-state index contributed by atoms with van der Waals surface area (Å²) < 4.78 is 13.0. The van der Waals surface area contributed by atoms with Crippen LogP contribution in [0.15, 0.2) is 79.1 Å². The molecule has 0 radical (unpaired) electrons. The molecule has 0 amide bonds. The van der Waals surface area contributed by atoms with Crippen molar-refractivity contribution in [2.75, 3.05) is 7.11 Å². The average molecular weight is 577 g/mol. The molecule has 210 valence electrons. The number of ether oxygens (including phenoxy) is 2. The van der Waals surface area contributed by atoms with Crippen molar-refractivity contribution >= 4 is 23.2 Å². The second-order valence-electron chi connectivity index (χ2n) is 10.5. The summed E-state index contributed by atoms with van der Waals surface area (Å²) in [5, 5.41) is 14.8. The van der Waals surface area contributed by atoms with Crippen LogP contribution in [0.1, 0.15) is 65.2 Å². The van der Waals surface area contributed by atoms with Crippen molar-refractivity contribution in [2.45, 2.75) is 44.6 Å². The van der Waals surface area contributed by atoms with Crippen molar-refractivity contribution < 1.29 is 14.3 Å². The number of carbonyl (C=O) groups is 1. The number of nitrogens with zero attached hydrogens (tertiary/aromatic N) is 4. The van der Waals surface area contributed by atoms with E-state index < -0.39 is 5.97 Å². The molecular formula is C34H29ClN4O3. The fourth-order valence-corrected chi connectivity index (χ4v) is 5.91. The summed E-state index contributed by atoms with van der Waals surface area (Å²) in [6, 6.07) is 23.2. The van der Waals surface area contributed by atoms with Gasteiger partial charge in [0.25, 0.3) is 0 Å². The Bertz CT molecular complexity index is 1780. The van der Waals surface area contributed by atoms with Gasteiger partial charge in [-0.3, -0.25) is 0 Å². The van der Waals surface area contributed by atoms with Crippen LogP contribution in [-0.2, 0) is 11.3 Å². The quantitative estimate of drug-likeness (QED) is 0.182. The van der Waals surface area contributed by atoms with Crippen molar-refractivity contribution in [2.24, 2.45) is 0 Å². The summed E-state index contributed by atoms with van der Waals surface area (Å²) in [6.07, 6.45) is 9.27. The molecule has 3 aromatic carbocycles. The number of aromatic nitrogens is 3. The number of hydrogen-bond acceptors (Lipinski definition) is 6. The molecule has 0 N–H and O–H groups in total. The third kappa shape index (κ3) is 5.46. The van der Waals surface area contributed by atoms with Gasteiger partial charge in [-0.05, 0) is 71.5 Å². The van der Waals surface area contributed by atoms with Gasteiger partial charge in [-0.25, -0.2) is 14.3 Å². The number of methoxy groups -OCH3 is 1. The summed E-state index contributed by atoms with van der Waals surface area (Å²) >= 11 is 6.11. The van der Waals surface area contributed by atoms with Crippen LogP contribution in [0.4, 0.5) is 0 Å². The van der Waals surface area contributed by atoms with Gasteiger partial charge >= 0.3 is 5.97 Å². The SMILES string of the molecule is COC(=O)c1ccc(-c2ccc(Cl)cc2)c(COc2ccc(-c3cnc4c(C#N)cnn4c3C3CCCCC3)cc2)c1. The maximum absolute atomic E-state index is 12.2. The summed E-state index contributed by atoms with van der Waals surface area (Å²) in [4.78, 5) is 16.9. The highest BCUT2D eigenvalue weighted by Crippen LogP contribution is 2.38. The number of carbonyl (C=O) groups excluding carboxylic acids is 1. The predicted octanol–water partition coefficient (Wildman–Crippen LogP) is 8.00. The van der Waals surface area contributed by atoms with E-state index in [9.17, 15) is 10.1 Å². The summed E-state index contributed by atoms with van der Waals surface area (Å²) in [5.41, 5.74) is 7.46. The van der Waals surface area contributed by atoms with Gasteiger partial charge in [0.05, 0.1) is 24.6 Å². The van der Waals surface area contributed by atoms with Gasteiger partial charge in [0.15, 0.2) is 5.65 Å². The normalized spacial score (nSPS) is 13.5. The number of benzene rings is 3. The molecule has 8 heteroatoms. The van der Waals surface area contributed by atoms with E-state index in [0.717, 1.165) is 46.4 Å². The fraction of sp³-hybridized carbons (Fsp3) is 0.235. The lowest BCUT2D eigenvalue weighted by molar-refractivity contribution is 0.0600. The van der Waals surface area contributed by atoms with Gasteiger partial charge in [-0.1, -0.05) is 61.2 Å². The maximum atomic E-state index is 12.2. The van der Waals surface area contributed by atoms with Crippen LogP contribution in [0, 0.1) is 11.3 Å². The number of esters is 1. The maximum Gasteiger partial charge on any atom is 0.337 e. The lowest BCUT2D eigenvalue weighted by atomic mass is 9.84. The van der Waals surface area contributed by atoms with Gasteiger partial charge in [0.2, 0.25) is 0 Å². The van der Waals surface area contributed by atoms with Gasteiger partial charge < -0.3 is 9.47 Å². The van der Waals surface area contributed by atoms with E-state index in [1.807, 2.05) is 65.3 Å². The molecule has 0 unspecified atom stereocenters. The predicted molar refractivity (Wildman–Crippen MR) is 162 cm³/mol. The van der Waals surface area contributed by atoms with Crippen molar-refractivity contribution in [3.63, 3.8) is 0 Å². The second kappa shape index (κ2) is 12.1. The van der Waals surface area contributed by atoms with Gasteiger partial charge in [-0.15, -0.1) is 0 Å². The Morgan fingerprint density at radius 3 is 2.40 bits per heavy atom. The highest BCUT2D eigenvalue weighted by molar-refractivity contribution is 6.30. The summed E-state index contributed by atoms with van der Waals surface area (Å²) in [5.74, 6) is 0.653. The smallest absolute Gasteiger partial charge is 0.337 e. The first-order valence-corrected chi connectivity index (χ1v) is 14.4. The van der Waals surface area contributed by atoms with E-state index in [2.05, 4.69) is 16.2 Å². The number of hydrogen-bond donors (Lipinski definition) is 0. The lowest BCUT2D eigenvalue weighted by Crippen LogP contribution is -2.12. The third-order valence-electron chi connectivity index (χ3n) is 7.92. The molecule has 0 saturated heterocycles. The topological polar surface area (TPSA) is 89.5 Å². The summed E-state index contributed by atoms with van der Waals surface area (Å²) in [7, 11) is 1.37. The van der Waals surface area contributed by atoms with Crippen molar-refractivity contribution in [1.82, 2.24) is 14.6 Å². The molecule has 1 aliphatic rings. The van der Waals surface area contributed by atoms with E-state index >= 15 is 0 Å². The average Bonchev–Trinajstić information content (AvgIpc) is 3.47. The summed E-state index contributed by atoms with van der Waals surface area (Å²) in [6.45, 7) is 0.257. The molecule has 0 atom stereocenters. The molecule has 2 aromatic heterocycles. The van der Waals surface area contributed by atoms with Crippen molar-refractivity contribution in [1.29, 1.82) is 5.26 Å². The number of rotatable bonds is 7. The van der Waals surface area contributed by atoms with Crippen LogP contribution in [0.3, 0.4) is 0 Å². The van der Waals surface area contributed by atoms with E-state index in [1.54, 1.807) is 18.3 Å². The Morgan fingerprint density at radius 1 is 0.976 bits per heavy atom. The molecular weight excluding hydrogens is 548 g/mol. The number of fused-ring (bicyclic) bond motifs is 1. The number of halogens is 1. The molecule has 2 heterocycles. The molecule has 1 saturated carbocycles. The molecule has 42 heavy (non-hydrogen) atoms. The first kappa shape index (κ1) is 27.5. The molecule has 0 aliphatic heterocycles. The standard InChI is InChI=1S/C34H29ClN4O3/c1-41-34(40)25-11-16-30(22-7-12-28(35)13-8-22)26(17-25)21-42-29-14-9-23(10-15-29)31-20-37-33-27(18-36)19-38-39(33)32(31)24-5-3-2-4-6-24/h7-17,19-20,24H,2-6,21H2,1H3. The molecule has 7 nitrogen and oxygen atoms in total. The zero-order valence-electron chi connectivity index (χ0n) is 23.2. The minimum absolute atomic E-state index is 0.257. The van der Waals surface area contributed by atoms with Crippen LogP contribution >= 0.6 is 11.6 Å². The second-order valence-corrected chi connectivity index (χ2v) is 10.9. The molecule has 5 aromatic rings. The minimum atomic E-state index is -0.401. The Hall–Kier alpha value is -4.67. The number of nitriles is 1. The molecule has 0 bridgehead atoms.